The number of esters is 1. The van der Waals surface area contributed by atoms with Crippen LogP contribution in [0.25, 0.3) is 0 Å². The first kappa shape index (κ1) is 24.7. The molecule has 0 bridgehead atoms. The smallest absolute Gasteiger partial charge is 0.331 e. The van der Waals surface area contributed by atoms with Crippen molar-refractivity contribution >= 4 is 29.4 Å². The molecule has 0 saturated carbocycles. The molecule has 0 N–H and O–H groups in total. The molecule has 0 unspecified atom stereocenters. The molecule has 6 rings (SSSR count). The Kier molecular flexibility index (Phi) is 5.33. The van der Waals surface area contributed by atoms with Crippen molar-refractivity contribution in [1.29, 1.82) is 0 Å². The average molecular weight is 524 g/mol. The summed E-state index contributed by atoms with van der Waals surface area (Å²) in [7, 11) is 0. The molecule has 3 atom stereocenters. The van der Waals surface area contributed by atoms with E-state index in [2.05, 4.69) is 5.10 Å². The number of hydrazone groups is 1. The van der Waals surface area contributed by atoms with Gasteiger partial charge >= 0.3 is 5.97 Å². The van der Waals surface area contributed by atoms with Crippen molar-refractivity contribution in [2.24, 2.45) is 10.5 Å². The standard InChI is InChI=1S/C30H25N3O6/c1-29(2,3)39-28(36)24-23(17-12-14-19(15-13-17)33(37)38)30(26(34)21-10-6-7-11-22(21)27(30)35)25-20-9-5-4-8-18(20)16-31-32(24)25/h4-16,23-25H,1-3H3/t23-,24-,25+/m0/s1. The van der Waals surface area contributed by atoms with E-state index < -0.39 is 51.5 Å². The summed E-state index contributed by atoms with van der Waals surface area (Å²) >= 11 is 0. The summed E-state index contributed by atoms with van der Waals surface area (Å²) < 4.78 is 5.84. The van der Waals surface area contributed by atoms with Gasteiger partial charge in [-0.25, -0.2) is 4.79 Å². The first-order chi connectivity index (χ1) is 18.6. The minimum atomic E-state index is -1.75. The van der Waals surface area contributed by atoms with Crippen molar-refractivity contribution in [2.75, 3.05) is 0 Å². The highest BCUT2D eigenvalue weighted by Crippen LogP contribution is 2.64. The van der Waals surface area contributed by atoms with E-state index in [1.54, 1.807) is 51.3 Å². The van der Waals surface area contributed by atoms with Gasteiger partial charge in [-0.1, -0.05) is 60.7 Å². The van der Waals surface area contributed by atoms with Crippen molar-refractivity contribution in [2.45, 2.75) is 44.4 Å². The number of ketones is 2. The Morgan fingerprint density at radius 1 is 0.949 bits per heavy atom. The maximum absolute atomic E-state index is 14.5. The zero-order chi connectivity index (χ0) is 27.7. The molecule has 0 radical (unpaired) electrons. The molecular formula is C30H25N3O6. The largest absolute Gasteiger partial charge is 0.458 e. The number of nitro benzene ring substituents is 1. The van der Waals surface area contributed by atoms with Crippen molar-refractivity contribution in [3.8, 4) is 0 Å². The molecule has 0 amide bonds. The summed E-state index contributed by atoms with van der Waals surface area (Å²) in [5.41, 5.74) is -0.317. The minimum absolute atomic E-state index is 0.145. The molecule has 2 aliphatic heterocycles. The maximum atomic E-state index is 14.5. The highest BCUT2D eigenvalue weighted by Gasteiger charge is 2.73. The summed E-state index contributed by atoms with van der Waals surface area (Å²) in [6.07, 6.45) is 1.62. The predicted molar refractivity (Wildman–Crippen MR) is 142 cm³/mol. The van der Waals surface area contributed by atoms with E-state index in [0.717, 1.165) is 5.56 Å². The van der Waals surface area contributed by atoms with Crippen LogP contribution >= 0.6 is 0 Å². The normalized spacial score (nSPS) is 22.4. The highest BCUT2D eigenvalue weighted by atomic mass is 16.6. The lowest BCUT2D eigenvalue weighted by Gasteiger charge is -2.36. The van der Waals surface area contributed by atoms with Gasteiger partial charge in [0.1, 0.15) is 11.0 Å². The Labute approximate surface area is 224 Å². The van der Waals surface area contributed by atoms with Crippen LogP contribution in [0.4, 0.5) is 5.69 Å². The fourth-order valence-electron chi connectivity index (χ4n) is 6.29. The van der Waals surface area contributed by atoms with Gasteiger partial charge in [-0.15, -0.1) is 0 Å². The van der Waals surface area contributed by atoms with Gasteiger partial charge in [0, 0.05) is 29.2 Å². The predicted octanol–water partition coefficient (Wildman–Crippen LogP) is 4.86. The summed E-state index contributed by atoms with van der Waals surface area (Å²) in [4.78, 5) is 53.9. The topological polar surface area (TPSA) is 119 Å². The molecule has 1 fully saturated rings. The second-order valence-corrected chi connectivity index (χ2v) is 11.0. The van der Waals surface area contributed by atoms with E-state index in [0.29, 0.717) is 11.1 Å². The maximum Gasteiger partial charge on any atom is 0.331 e. The third-order valence-electron chi connectivity index (χ3n) is 7.69. The fourth-order valence-corrected chi connectivity index (χ4v) is 6.29. The van der Waals surface area contributed by atoms with Crippen LogP contribution < -0.4 is 0 Å². The van der Waals surface area contributed by atoms with Crippen LogP contribution in [0.2, 0.25) is 0 Å². The lowest BCUT2D eigenvalue weighted by atomic mass is 9.63. The molecule has 1 spiro atoms. The fraction of sp³-hybridized carbons (Fsp3) is 0.267. The molecule has 9 nitrogen and oxygen atoms in total. The number of fused-ring (bicyclic) bond motifs is 5. The van der Waals surface area contributed by atoms with E-state index >= 15 is 0 Å². The monoisotopic (exact) mass is 523 g/mol. The number of rotatable bonds is 3. The Balaban J connectivity index is 1.66. The van der Waals surface area contributed by atoms with Crippen molar-refractivity contribution in [1.82, 2.24) is 5.01 Å². The Hall–Kier alpha value is -4.66. The number of nitro groups is 1. The molecule has 3 aromatic rings. The molecule has 1 aliphatic carbocycles. The van der Waals surface area contributed by atoms with E-state index in [1.165, 1.54) is 29.3 Å². The molecule has 0 aromatic heterocycles. The second kappa shape index (κ2) is 8.42. The SMILES string of the molecule is CC(C)(C)OC(=O)[C@@H]1[C@H](c2ccc([N+](=O)[O-])cc2)C2(C(=O)c3ccccc3C2=O)[C@H]2c3ccccc3C=NN12. The zero-order valence-corrected chi connectivity index (χ0v) is 21.5. The molecular weight excluding hydrogens is 498 g/mol. The molecule has 9 heteroatoms. The van der Waals surface area contributed by atoms with Gasteiger partial charge in [0.15, 0.2) is 17.6 Å². The van der Waals surface area contributed by atoms with E-state index in [9.17, 15) is 24.5 Å². The number of Topliss-reactive ketones (excluding diaryl/α,β-unsaturated/α-hetero) is 2. The number of ether oxygens (including phenoxy) is 1. The van der Waals surface area contributed by atoms with Gasteiger partial charge in [-0.2, -0.15) is 5.10 Å². The van der Waals surface area contributed by atoms with Crippen LogP contribution in [-0.4, -0.2) is 45.3 Å². The lowest BCUT2D eigenvalue weighted by molar-refractivity contribution is -0.384. The van der Waals surface area contributed by atoms with E-state index in [-0.39, 0.29) is 16.8 Å². The van der Waals surface area contributed by atoms with Crippen LogP contribution in [0.5, 0.6) is 0 Å². The third kappa shape index (κ3) is 3.46. The molecule has 1 saturated heterocycles. The minimum Gasteiger partial charge on any atom is -0.458 e. The number of carbonyl (C=O) groups excluding carboxylic acids is 3. The molecule has 39 heavy (non-hydrogen) atoms. The molecule has 3 aromatic carbocycles. The van der Waals surface area contributed by atoms with Gasteiger partial charge in [0.25, 0.3) is 5.69 Å². The molecule has 2 heterocycles. The zero-order valence-electron chi connectivity index (χ0n) is 21.5. The number of nitrogens with zero attached hydrogens (tertiary/aromatic N) is 3. The van der Waals surface area contributed by atoms with E-state index in [4.69, 9.17) is 4.74 Å². The lowest BCUT2D eigenvalue weighted by Crippen LogP contribution is -2.44. The first-order valence-corrected chi connectivity index (χ1v) is 12.6. The summed E-state index contributed by atoms with van der Waals surface area (Å²) in [5.74, 6) is -2.48. The summed E-state index contributed by atoms with van der Waals surface area (Å²) in [6, 6.07) is 17.6. The van der Waals surface area contributed by atoms with Gasteiger partial charge in [-0.05, 0) is 37.5 Å². The summed E-state index contributed by atoms with van der Waals surface area (Å²) in [6.45, 7) is 5.22. The molecule has 196 valence electrons. The van der Waals surface area contributed by atoms with Crippen molar-refractivity contribution < 1.29 is 24.0 Å². The van der Waals surface area contributed by atoms with Crippen LogP contribution in [0.1, 0.15) is 70.1 Å². The Bertz CT molecular complexity index is 1550. The summed E-state index contributed by atoms with van der Waals surface area (Å²) in [5, 5.41) is 17.6. The van der Waals surface area contributed by atoms with Crippen LogP contribution in [0.15, 0.2) is 77.9 Å². The van der Waals surface area contributed by atoms with Gasteiger partial charge in [-0.3, -0.25) is 24.7 Å². The van der Waals surface area contributed by atoms with E-state index in [1.807, 2.05) is 24.3 Å². The Morgan fingerprint density at radius 2 is 1.54 bits per heavy atom. The third-order valence-corrected chi connectivity index (χ3v) is 7.69. The van der Waals surface area contributed by atoms with Crippen molar-refractivity contribution in [3.63, 3.8) is 0 Å². The number of hydrogen-bond acceptors (Lipinski definition) is 8. The number of non-ortho nitro benzene ring substituents is 1. The van der Waals surface area contributed by atoms with Gasteiger partial charge < -0.3 is 4.74 Å². The first-order valence-electron chi connectivity index (χ1n) is 12.6. The second-order valence-electron chi connectivity index (χ2n) is 11.0. The number of hydrogen-bond donors (Lipinski definition) is 0. The number of carbonyl (C=O) groups is 3. The van der Waals surface area contributed by atoms with Crippen LogP contribution in [0, 0.1) is 15.5 Å². The molecule has 3 aliphatic rings. The van der Waals surface area contributed by atoms with Gasteiger partial charge in [0.05, 0.1) is 17.2 Å². The van der Waals surface area contributed by atoms with Crippen LogP contribution in [-0.2, 0) is 9.53 Å². The quantitative estimate of drug-likeness (QED) is 0.208. The Morgan fingerprint density at radius 3 is 2.13 bits per heavy atom. The van der Waals surface area contributed by atoms with Gasteiger partial charge in [0.2, 0.25) is 0 Å². The van der Waals surface area contributed by atoms with Crippen molar-refractivity contribution in [3.05, 3.63) is 111 Å². The van der Waals surface area contributed by atoms with Crippen LogP contribution in [0.3, 0.4) is 0 Å². The number of benzene rings is 3. The average Bonchev–Trinajstić information content (AvgIpc) is 3.34. The highest BCUT2D eigenvalue weighted by molar-refractivity contribution is 6.31.